The summed E-state index contributed by atoms with van der Waals surface area (Å²) in [5.74, 6) is -0.846. The zero-order valence-electron chi connectivity index (χ0n) is 24.3. The molecule has 0 bridgehead atoms. The second-order valence-electron chi connectivity index (χ2n) is 9.96. The summed E-state index contributed by atoms with van der Waals surface area (Å²) < 4.78 is 47.5. The number of amides is 1. The molecule has 1 aliphatic heterocycles. The van der Waals surface area contributed by atoms with Crippen LogP contribution in [-0.2, 0) is 6.42 Å². The molecule has 0 atom stereocenters. The molecule has 3 aromatic carbocycles. The van der Waals surface area contributed by atoms with Crippen LogP contribution in [0.25, 0.3) is 16.6 Å². The maximum atomic E-state index is 15.3. The van der Waals surface area contributed by atoms with Gasteiger partial charge in [0.15, 0.2) is 11.6 Å². The maximum Gasteiger partial charge on any atom is 0.272 e. The average molecular weight is 628 g/mol. The number of benzene rings is 3. The number of hydrogen-bond acceptors (Lipinski definition) is 7. The number of nitrogens with one attached hydrogen (secondary N) is 1. The lowest BCUT2D eigenvalue weighted by molar-refractivity contribution is 0.102. The quantitative estimate of drug-likeness (QED) is 0.189. The number of thioether (sulfide) groups is 1. The summed E-state index contributed by atoms with van der Waals surface area (Å²) in [4.78, 5) is 32.1. The molecule has 1 N–H and O–H groups in total. The third-order valence-corrected chi connectivity index (χ3v) is 8.12. The maximum absolute atomic E-state index is 15.3. The summed E-state index contributed by atoms with van der Waals surface area (Å²) >= 11 is 1.32. The summed E-state index contributed by atoms with van der Waals surface area (Å²) in [6.07, 6.45) is 4.69. The molecule has 1 amide bonds. The van der Waals surface area contributed by atoms with Crippen LogP contribution in [0.15, 0.2) is 94.2 Å². The van der Waals surface area contributed by atoms with E-state index in [1.54, 1.807) is 44.5 Å². The number of ether oxygens (including phenoxy) is 3. The van der Waals surface area contributed by atoms with Crippen LogP contribution in [0.4, 0.5) is 14.5 Å². The van der Waals surface area contributed by atoms with Gasteiger partial charge in [0.2, 0.25) is 0 Å². The van der Waals surface area contributed by atoms with Gasteiger partial charge in [-0.05, 0) is 79.8 Å². The topological polar surface area (TPSA) is 91.7 Å². The summed E-state index contributed by atoms with van der Waals surface area (Å²) in [6.45, 7) is 1.97. The first-order valence-corrected chi connectivity index (χ1v) is 15.0. The minimum Gasteiger partial charge on any atom is -0.497 e. The highest BCUT2D eigenvalue weighted by atomic mass is 32.2. The SMILES string of the molecule is CCOc1c2c(n(-c3ccc(F)cc3)c(=O)c1C(=O)Nc1ccc(Oc3ccnc4cc(OC)ccc34)c(F)c1)SC=CCC2. The van der Waals surface area contributed by atoms with Gasteiger partial charge >= 0.3 is 0 Å². The average Bonchev–Trinajstić information content (AvgIpc) is 3.29. The van der Waals surface area contributed by atoms with Crippen LogP contribution in [0.3, 0.4) is 0 Å². The van der Waals surface area contributed by atoms with Crippen LogP contribution < -0.4 is 25.1 Å². The first-order valence-electron chi connectivity index (χ1n) is 14.1. The Labute approximate surface area is 261 Å². The van der Waals surface area contributed by atoms with Gasteiger partial charge in [0.25, 0.3) is 11.5 Å². The van der Waals surface area contributed by atoms with Gasteiger partial charge in [0, 0.05) is 40.7 Å². The van der Waals surface area contributed by atoms with Crippen molar-refractivity contribution in [1.29, 1.82) is 0 Å². The van der Waals surface area contributed by atoms with Crippen molar-refractivity contribution in [2.24, 2.45) is 0 Å². The van der Waals surface area contributed by atoms with Crippen LogP contribution in [0.2, 0.25) is 0 Å². The fraction of sp³-hybridized carbons (Fsp3) is 0.147. The van der Waals surface area contributed by atoms with E-state index >= 15 is 4.39 Å². The van der Waals surface area contributed by atoms with Gasteiger partial charge in [-0.2, -0.15) is 0 Å². The predicted octanol–water partition coefficient (Wildman–Crippen LogP) is 7.67. The molecule has 0 saturated heterocycles. The summed E-state index contributed by atoms with van der Waals surface area (Å²) in [5, 5.41) is 5.76. The number of pyridine rings is 2. The molecule has 1 aliphatic rings. The highest BCUT2D eigenvalue weighted by Crippen LogP contribution is 2.38. The van der Waals surface area contributed by atoms with E-state index in [0.29, 0.717) is 51.5 Å². The number of carbonyl (C=O) groups is 1. The van der Waals surface area contributed by atoms with Crippen molar-refractivity contribution < 1.29 is 27.8 Å². The molecule has 228 valence electrons. The van der Waals surface area contributed by atoms with Gasteiger partial charge in [0.1, 0.15) is 28.6 Å². The molecule has 0 unspecified atom stereocenters. The third kappa shape index (κ3) is 5.99. The van der Waals surface area contributed by atoms with E-state index in [4.69, 9.17) is 14.2 Å². The van der Waals surface area contributed by atoms with E-state index < -0.39 is 23.1 Å². The smallest absolute Gasteiger partial charge is 0.272 e. The van der Waals surface area contributed by atoms with Crippen LogP contribution in [-0.4, -0.2) is 29.2 Å². The summed E-state index contributed by atoms with van der Waals surface area (Å²) in [5.41, 5.74) is 0.913. The Kier molecular flexibility index (Phi) is 8.52. The van der Waals surface area contributed by atoms with Gasteiger partial charge in [0.05, 0.1) is 24.3 Å². The molecule has 2 aromatic heterocycles. The number of carbonyl (C=O) groups excluding carboxylic acids is 1. The van der Waals surface area contributed by atoms with Gasteiger partial charge in [-0.3, -0.25) is 19.1 Å². The molecule has 3 heterocycles. The molecule has 45 heavy (non-hydrogen) atoms. The Balaban J connectivity index is 1.35. The fourth-order valence-corrected chi connectivity index (χ4v) is 6.05. The van der Waals surface area contributed by atoms with Gasteiger partial charge < -0.3 is 19.5 Å². The molecule has 0 fully saturated rings. The third-order valence-electron chi connectivity index (χ3n) is 7.14. The van der Waals surface area contributed by atoms with Gasteiger partial charge in [-0.25, -0.2) is 8.78 Å². The molecule has 0 spiro atoms. The van der Waals surface area contributed by atoms with Crippen molar-refractivity contribution in [3.63, 3.8) is 0 Å². The van der Waals surface area contributed by atoms with E-state index in [9.17, 15) is 14.0 Å². The normalized spacial score (nSPS) is 12.4. The highest BCUT2D eigenvalue weighted by Gasteiger charge is 2.29. The Hall–Kier alpha value is -5.16. The van der Waals surface area contributed by atoms with E-state index in [1.807, 2.05) is 11.5 Å². The first kappa shape index (κ1) is 29.9. The van der Waals surface area contributed by atoms with Crippen LogP contribution in [0.1, 0.15) is 29.3 Å². The number of nitrogens with zero attached hydrogens (tertiary/aromatic N) is 2. The number of hydrogen-bond donors (Lipinski definition) is 1. The number of anilines is 1. The van der Waals surface area contributed by atoms with Crippen molar-refractivity contribution in [3.8, 4) is 28.7 Å². The molecule has 0 aliphatic carbocycles. The summed E-state index contributed by atoms with van der Waals surface area (Å²) in [7, 11) is 1.56. The number of allylic oxidation sites excluding steroid dienone is 1. The van der Waals surface area contributed by atoms with Crippen molar-refractivity contribution in [2.45, 2.75) is 24.8 Å². The monoisotopic (exact) mass is 627 g/mol. The Morgan fingerprint density at radius 1 is 1.04 bits per heavy atom. The molecular formula is C34H27F2N3O5S. The van der Waals surface area contributed by atoms with Gasteiger partial charge in [-0.15, -0.1) is 0 Å². The van der Waals surface area contributed by atoms with E-state index in [-0.39, 0.29) is 29.4 Å². The van der Waals surface area contributed by atoms with Crippen molar-refractivity contribution >= 4 is 34.3 Å². The van der Waals surface area contributed by atoms with Crippen molar-refractivity contribution in [1.82, 2.24) is 9.55 Å². The van der Waals surface area contributed by atoms with Crippen LogP contribution >= 0.6 is 11.8 Å². The first-order chi connectivity index (χ1) is 21.9. The van der Waals surface area contributed by atoms with E-state index in [2.05, 4.69) is 10.3 Å². The summed E-state index contributed by atoms with van der Waals surface area (Å²) in [6, 6.07) is 16.3. The van der Waals surface area contributed by atoms with Crippen molar-refractivity contribution in [2.75, 3.05) is 19.0 Å². The van der Waals surface area contributed by atoms with Crippen molar-refractivity contribution in [3.05, 3.63) is 118 Å². The number of methoxy groups -OCH3 is 1. The van der Waals surface area contributed by atoms with Crippen LogP contribution in [0.5, 0.6) is 23.0 Å². The van der Waals surface area contributed by atoms with Gasteiger partial charge in [-0.1, -0.05) is 17.8 Å². The largest absolute Gasteiger partial charge is 0.497 e. The fourth-order valence-electron chi connectivity index (χ4n) is 5.06. The van der Waals surface area contributed by atoms with E-state index in [0.717, 1.165) is 6.07 Å². The molecule has 5 aromatic rings. The number of aromatic nitrogens is 2. The highest BCUT2D eigenvalue weighted by molar-refractivity contribution is 8.02. The second-order valence-corrected chi connectivity index (χ2v) is 10.9. The van der Waals surface area contributed by atoms with E-state index in [1.165, 1.54) is 52.7 Å². The molecule has 11 heteroatoms. The zero-order chi connectivity index (χ0) is 31.5. The molecule has 0 saturated carbocycles. The Morgan fingerprint density at radius 3 is 2.62 bits per heavy atom. The lowest BCUT2D eigenvalue weighted by atomic mass is 10.1. The predicted molar refractivity (Wildman–Crippen MR) is 169 cm³/mol. The minimum absolute atomic E-state index is 0.0699. The molecule has 0 radical (unpaired) electrons. The molecule has 8 nitrogen and oxygen atoms in total. The number of rotatable bonds is 8. The Morgan fingerprint density at radius 2 is 1.87 bits per heavy atom. The van der Waals surface area contributed by atoms with Crippen LogP contribution in [0, 0.1) is 11.6 Å². The number of fused-ring (bicyclic) bond motifs is 2. The molecule has 6 rings (SSSR count). The number of halogens is 2. The Bertz CT molecular complexity index is 2010. The lowest BCUT2D eigenvalue weighted by Crippen LogP contribution is -2.31. The molecular weight excluding hydrogens is 600 g/mol. The standard InChI is InChI=1S/C34H27F2N3O5S/c1-3-43-31-25-6-4-5-17-45-34(25)39(22-10-7-20(35)8-11-22)33(41)30(31)32(40)38-21-9-14-29(26(36)18-21)44-28-15-16-37-27-19-23(42-2)12-13-24(27)28/h5,7-19H,3-4,6H2,1-2H3,(H,38,40). The second kappa shape index (κ2) is 12.8. The zero-order valence-corrected chi connectivity index (χ0v) is 25.1. The lowest BCUT2D eigenvalue weighted by Gasteiger charge is -2.21. The minimum atomic E-state index is -0.772.